The smallest absolute Gasteiger partial charge is 0.148 e. The van der Waals surface area contributed by atoms with Crippen molar-refractivity contribution in [3.8, 4) is 0 Å². The van der Waals surface area contributed by atoms with Crippen molar-refractivity contribution in [2.45, 2.75) is 12.2 Å². The predicted octanol–water partition coefficient (Wildman–Crippen LogP) is 0.172. The van der Waals surface area contributed by atoms with Crippen LogP contribution < -0.4 is 4.90 Å². The Morgan fingerprint density at radius 1 is 1.06 bits per heavy atom. The highest BCUT2D eigenvalue weighted by molar-refractivity contribution is 5.75. The zero-order valence-corrected chi connectivity index (χ0v) is 9.19. The maximum Gasteiger partial charge on any atom is 0.148 e. The van der Waals surface area contributed by atoms with Crippen LogP contribution in [0.3, 0.4) is 0 Å². The Morgan fingerprint density at radius 2 is 1.71 bits per heavy atom. The van der Waals surface area contributed by atoms with Crippen LogP contribution in [0.2, 0.25) is 0 Å². The first-order chi connectivity index (χ1) is 8.24. The summed E-state index contributed by atoms with van der Waals surface area (Å²) in [4.78, 5) is 10.6. The lowest BCUT2D eigenvalue weighted by molar-refractivity contribution is 0.0572. The zero-order valence-electron chi connectivity index (χ0n) is 9.19. The molecule has 1 aromatic heterocycles. The number of aromatic nitrogens is 2. The van der Waals surface area contributed by atoms with Crippen LogP contribution in [-0.2, 0) is 0 Å². The van der Waals surface area contributed by atoms with E-state index in [0.717, 1.165) is 11.0 Å². The normalized spacial score (nSPS) is 24.5. The Balaban J connectivity index is 1.96. The fourth-order valence-corrected chi connectivity index (χ4v) is 2.06. The molecule has 1 aromatic carbocycles. The lowest BCUT2D eigenvalue weighted by Crippen LogP contribution is -2.22. The topological polar surface area (TPSA) is 69.5 Å². The fraction of sp³-hybridized carbons (Fsp3) is 0.333. The lowest BCUT2D eigenvalue weighted by Gasteiger charge is -2.15. The summed E-state index contributed by atoms with van der Waals surface area (Å²) in [6, 6.07) is 7.63. The molecule has 88 valence electrons. The second-order valence-corrected chi connectivity index (χ2v) is 4.26. The van der Waals surface area contributed by atoms with Gasteiger partial charge in [-0.25, -0.2) is 4.98 Å². The van der Waals surface area contributed by atoms with E-state index in [2.05, 4.69) is 9.97 Å². The molecule has 2 aromatic rings. The maximum atomic E-state index is 9.50. The molecule has 0 radical (unpaired) electrons. The zero-order chi connectivity index (χ0) is 11.8. The molecule has 0 bridgehead atoms. The minimum atomic E-state index is -0.705. The third-order valence-electron chi connectivity index (χ3n) is 3.02. The van der Waals surface area contributed by atoms with Crippen molar-refractivity contribution >= 4 is 16.9 Å². The van der Waals surface area contributed by atoms with E-state index in [4.69, 9.17) is 0 Å². The molecule has 5 heteroatoms. The van der Waals surface area contributed by atoms with Crippen molar-refractivity contribution in [2.75, 3.05) is 18.0 Å². The first-order valence-electron chi connectivity index (χ1n) is 5.57. The van der Waals surface area contributed by atoms with E-state index in [0.29, 0.717) is 18.9 Å². The number of fused-ring (bicyclic) bond motifs is 1. The number of anilines is 1. The monoisotopic (exact) mass is 231 g/mol. The molecule has 17 heavy (non-hydrogen) atoms. The summed E-state index contributed by atoms with van der Waals surface area (Å²) >= 11 is 0. The minimum Gasteiger partial charge on any atom is -0.389 e. The number of rotatable bonds is 1. The SMILES string of the molecule is OC1CN(c2cnc3ccccc3n2)CC1O. The number of benzene rings is 1. The molecule has 2 atom stereocenters. The van der Waals surface area contributed by atoms with Crippen molar-refractivity contribution in [3.63, 3.8) is 0 Å². The number of hydrogen-bond donors (Lipinski definition) is 2. The van der Waals surface area contributed by atoms with Crippen LogP contribution >= 0.6 is 0 Å². The van der Waals surface area contributed by atoms with Gasteiger partial charge in [0.2, 0.25) is 0 Å². The average Bonchev–Trinajstić information content (AvgIpc) is 2.69. The Hall–Kier alpha value is -1.72. The van der Waals surface area contributed by atoms with Crippen molar-refractivity contribution in [1.29, 1.82) is 0 Å². The molecule has 1 saturated heterocycles. The number of aliphatic hydroxyl groups is 2. The van der Waals surface area contributed by atoms with Crippen LogP contribution in [0.1, 0.15) is 0 Å². The number of β-amino-alcohol motifs (C(OH)–C–C–N with tert-alkyl or cyclic N) is 2. The standard InChI is InChI=1S/C12H13N3O2/c16-10-6-15(7-11(10)17)12-5-13-8-3-1-2-4-9(8)14-12/h1-5,10-11,16-17H,6-7H2. The van der Waals surface area contributed by atoms with Gasteiger partial charge in [0.25, 0.3) is 0 Å². The largest absolute Gasteiger partial charge is 0.389 e. The summed E-state index contributed by atoms with van der Waals surface area (Å²) in [5.41, 5.74) is 1.66. The molecule has 0 saturated carbocycles. The molecule has 0 amide bonds. The Morgan fingerprint density at radius 3 is 2.41 bits per heavy atom. The summed E-state index contributed by atoms with van der Waals surface area (Å²) in [6.07, 6.45) is 0.263. The van der Waals surface area contributed by atoms with E-state index in [1.54, 1.807) is 6.20 Å². The van der Waals surface area contributed by atoms with Gasteiger partial charge in [0.15, 0.2) is 0 Å². The highest BCUT2D eigenvalue weighted by Gasteiger charge is 2.30. The van der Waals surface area contributed by atoms with Crippen LogP contribution in [0.5, 0.6) is 0 Å². The highest BCUT2D eigenvalue weighted by Crippen LogP contribution is 2.20. The van der Waals surface area contributed by atoms with Crippen LogP contribution in [-0.4, -0.2) is 45.5 Å². The quantitative estimate of drug-likeness (QED) is 0.732. The minimum absolute atomic E-state index is 0.397. The molecule has 1 aliphatic heterocycles. The summed E-state index contributed by atoms with van der Waals surface area (Å²) in [5.74, 6) is 0.694. The number of nitrogens with zero attached hydrogens (tertiary/aromatic N) is 3. The van der Waals surface area contributed by atoms with Gasteiger partial charge < -0.3 is 15.1 Å². The Kier molecular flexibility index (Phi) is 2.42. The van der Waals surface area contributed by atoms with Gasteiger partial charge in [-0.1, -0.05) is 12.1 Å². The molecule has 3 rings (SSSR count). The van der Waals surface area contributed by atoms with E-state index < -0.39 is 12.2 Å². The molecular formula is C12H13N3O2. The van der Waals surface area contributed by atoms with Gasteiger partial charge in [0.1, 0.15) is 5.82 Å². The van der Waals surface area contributed by atoms with Gasteiger partial charge in [-0.05, 0) is 12.1 Å². The number of aliphatic hydroxyl groups excluding tert-OH is 2. The number of para-hydroxylation sites is 2. The molecule has 2 unspecified atom stereocenters. The van der Waals surface area contributed by atoms with Crippen molar-refractivity contribution < 1.29 is 10.2 Å². The van der Waals surface area contributed by atoms with E-state index in [1.165, 1.54) is 0 Å². The van der Waals surface area contributed by atoms with E-state index >= 15 is 0 Å². The van der Waals surface area contributed by atoms with Gasteiger partial charge in [0, 0.05) is 13.1 Å². The fourth-order valence-electron chi connectivity index (χ4n) is 2.06. The van der Waals surface area contributed by atoms with E-state index in [9.17, 15) is 10.2 Å². The van der Waals surface area contributed by atoms with Gasteiger partial charge in [-0.3, -0.25) is 4.98 Å². The Labute approximate surface area is 98.4 Å². The first-order valence-corrected chi connectivity index (χ1v) is 5.57. The van der Waals surface area contributed by atoms with E-state index in [-0.39, 0.29) is 0 Å². The van der Waals surface area contributed by atoms with E-state index in [1.807, 2.05) is 29.2 Å². The van der Waals surface area contributed by atoms with Gasteiger partial charge in [-0.15, -0.1) is 0 Å². The molecular weight excluding hydrogens is 218 g/mol. The van der Waals surface area contributed by atoms with Gasteiger partial charge in [0.05, 0.1) is 29.4 Å². The van der Waals surface area contributed by atoms with Crippen LogP contribution in [0.25, 0.3) is 11.0 Å². The summed E-state index contributed by atoms with van der Waals surface area (Å²) in [6.45, 7) is 0.794. The molecule has 1 aliphatic rings. The van der Waals surface area contributed by atoms with Crippen molar-refractivity contribution in [1.82, 2.24) is 9.97 Å². The van der Waals surface area contributed by atoms with Gasteiger partial charge >= 0.3 is 0 Å². The van der Waals surface area contributed by atoms with Crippen molar-refractivity contribution in [3.05, 3.63) is 30.5 Å². The van der Waals surface area contributed by atoms with Crippen LogP contribution in [0.15, 0.2) is 30.5 Å². The lowest BCUT2D eigenvalue weighted by atomic mass is 10.3. The van der Waals surface area contributed by atoms with Crippen molar-refractivity contribution in [2.24, 2.45) is 0 Å². The molecule has 1 fully saturated rings. The summed E-state index contributed by atoms with van der Waals surface area (Å²) in [5, 5.41) is 19.0. The molecule has 2 heterocycles. The van der Waals surface area contributed by atoms with Crippen LogP contribution in [0.4, 0.5) is 5.82 Å². The maximum absolute atomic E-state index is 9.50. The second-order valence-electron chi connectivity index (χ2n) is 4.26. The van der Waals surface area contributed by atoms with Crippen LogP contribution in [0, 0.1) is 0 Å². The summed E-state index contributed by atoms with van der Waals surface area (Å²) < 4.78 is 0. The molecule has 5 nitrogen and oxygen atoms in total. The summed E-state index contributed by atoms with van der Waals surface area (Å²) in [7, 11) is 0. The molecule has 0 spiro atoms. The molecule has 0 aliphatic carbocycles. The molecule has 2 N–H and O–H groups in total. The third-order valence-corrected chi connectivity index (χ3v) is 3.02. The van der Waals surface area contributed by atoms with Gasteiger partial charge in [-0.2, -0.15) is 0 Å². The predicted molar refractivity (Wildman–Crippen MR) is 63.8 cm³/mol. The first kappa shape index (κ1) is 10.4. The Bertz CT molecular complexity index is 536. The average molecular weight is 231 g/mol. The highest BCUT2D eigenvalue weighted by atomic mass is 16.3. The second kappa shape index (κ2) is 3.94. The number of hydrogen-bond acceptors (Lipinski definition) is 5. The third kappa shape index (κ3) is 1.83.